The van der Waals surface area contributed by atoms with E-state index in [2.05, 4.69) is 20.3 Å². The minimum Gasteiger partial charge on any atom is -0.311 e. The van der Waals surface area contributed by atoms with E-state index in [0.29, 0.717) is 17.1 Å². The number of aryl methyl sites for hydroxylation is 2. The quantitative estimate of drug-likeness (QED) is 0.572. The molecule has 3 aromatic heterocycles. The minimum atomic E-state index is -0.704. The number of carbonyl (C=O) groups is 2. The standard InChI is InChI=1S/C23H25N5O4/c1-12(2)19-20(21(30)17-9-13(3)8-14(4)25-17)28(23(32)27-22(19)31)11-16-6-7-24-18(10-16)26-15(5)29/h6-10,12H,11H2,1-5H3,(H,24,26,29)(H,27,31,32). The molecular weight excluding hydrogens is 410 g/mol. The second kappa shape index (κ2) is 9.09. The topological polar surface area (TPSA) is 127 Å². The maximum absolute atomic E-state index is 13.6. The molecule has 0 fully saturated rings. The van der Waals surface area contributed by atoms with Crippen LogP contribution in [0, 0.1) is 13.8 Å². The number of amides is 1. The first-order valence-electron chi connectivity index (χ1n) is 10.2. The normalized spacial score (nSPS) is 10.9. The second-order valence-corrected chi connectivity index (χ2v) is 7.99. The van der Waals surface area contributed by atoms with Crippen LogP contribution in [0.1, 0.15) is 65.3 Å². The lowest BCUT2D eigenvalue weighted by atomic mass is 9.98. The number of pyridine rings is 2. The fourth-order valence-corrected chi connectivity index (χ4v) is 3.60. The molecule has 166 valence electrons. The van der Waals surface area contributed by atoms with Gasteiger partial charge in [-0.2, -0.15) is 0 Å². The van der Waals surface area contributed by atoms with Gasteiger partial charge in [0.25, 0.3) is 5.56 Å². The number of aromatic amines is 1. The van der Waals surface area contributed by atoms with E-state index in [1.807, 2.05) is 13.0 Å². The highest BCUT2D eigenvalue weighted by atomic mass is 16.2. The molecule has 0 spiro atoms. The van der Waals surface area contributed by atoms with Crippen LogP contribution in [0.15, 0.2) is 40.1 Å². The van der Waals surface area contributed by atoms with Crippen molar-refractivity contribution in [3.8, 4) is 0 Å². The summed E-state index contributed by atoms with van der Waals surface area (Å²) in [5, 5.41) is 2.59. The molecule has 0 saturated carbocycles. The average Bonchev–Trinajstić information content (AvgIpc) is 2.68. The van der Waals surface area contributed by atoms with Crippen molar-refractivity contribution < 1.29 is 9.59 Å². The maximum Gasteiger partial charge on any atom is 0.329 e. The Kier molecular flexibility index (Phi) is 6.47. The highest BCUT2D eigenvalue weighted by Crippen LogP contribution is 2.19. The van der Waals surface area contributed by atoms with Crippen LogP contribution in [0.2, 0.25) is 0 Å². The Morgan fingerprint density at radius 3 is 2.50 bits per heavy atom. The number of rotatable bonds is 6. The summed E-state index contributed by atoms with van der Waals surface area (Å²) in [7, 11) is 0. The van der Waals surface area contributed by atoms with Gasteiger partial charge in [0.05, 0.1) is 6.54 Å². The second-order valence-electron chi connectivity index (χ2n) is 7.99. The molecule has 0 unspecified atom stereocenters. The van der Waals surface area contributed by atoms with Crippen molar-refractivity contribution in [2.24, 2.45) is 0 Å². The lowest BCUT2D eigenvalue weighted by Gasteiger charge is -2.17. The number of carbonyl (C=O) groups excluding carboxylic acids is 2. The molecule has 0 saturated heterocycles. The Bertz CT molecular complexity index is 1300. The first kappa shape index (κ1) is 22.8. The van der Waals surface area contributed by atoms with Crippen LogP contribution in [0.5, 0.6) is 0 Å². The Morgan fingerprint density at radius 1 is 1.16 bits per heavy atom. The zero-order valence-electron chi connectivity index (χ0n) is 18.6. The molecule has 3 heterocycles. The zero-order valence-corrected chi connectivity index (χ0v) is 18.6. The molecule has 0 aromatic carbocycles. The predicted molar refractivity (Wildman–Crippen MR) is 120 cm³/mol. The molecule has 9 heteroatoms. The number of nitrogens with zero attached hydrogens (tertiary/aromatic N) is 3. The van der Waals surface area contributed by atoms with E-state index in [1.165, 1.54) is 17.7 Å². The summed E-state index contributed by atoms with van der Waals surface area (Å²) >= 11 is 0. The summed E-state index contributed by atoms with van der Waals surface area (Å²) in [6.45, 7) is 8.55. The Balaban J connectivity index is 2.22. The number of hydrogen-bond acceptors (Lipinski definition) is 6. The highest BCUT2D eigenvalue weighted by molar-refractivity contribution is 6.07. The van der Waals surface area contributed by atoms with Crippen molar-refractivity contribution in [3.05, 3.63) is 85.1 Å². The molecule has 0 bridgehead atoms. The van der Waals surface area contributed by atoms with Crippen molar-refractivity contribution >= 4 is 17.5 Å². The van der Waals surface area contributed by atoms with Gasteiger partial charge in [-0.15, -0.1) is 0 Å². The number of anilines is 1. The maximum atomic E-state index is 13.6. The fraction of sp³-hybridized carbons (Fsp3) is 0.304. The van der Waals surface area contributed by atoms with Gasteiger partial charge < -0.3 is 5.32 Å². The molecular formula is C23H25N5O4. The van der Waals surface area contributed by atoms with Gasteiger partial charge in [0, 0.05) is 24.4 Å². The van der Waals surface area contributed by atoms with Gasteiger partial charge in [-0.05, 0) is 55.2 Å². The van der Waals surface area contributed by atoms with Crippen LogP contribution in [-0.2, 0) is 11.3 Å². The monoisotopic (exact) mass is 435 g/mol. The lowest BCUT2D eigenvalue weighted by Crippen LogP contribution is -2.38. The van der Waals surface area contributed by atoms with Gasteiger partial charge in [-0.3, -0.25) is 23.9 Å². The molecule has 0 atom stereocenters. The average molecular weight is 435 g/mol. The first-order chi connectivity index (χ1) is 15.1. The van der Waals surface area contributed by atoms with Gasteiger partial charge in [0.1, 0.15) is 17.2 Å². The van der Waals surface area contributed by atoms with E-state index in [4.69, 9.17) is 0 Å². The van der Waals surface area contributed by atoms with Gasteiger partial charge in [0.2, 0.25) is 11.7 Å². The molecule has 0 aliphatic heterocycles. The Labute approximate surface area is 184 Å². The SMILES string of the molecule is CC(=O)Nc1cc(Cn2c(C(=O)c3cc(C)cc(C)n3)c(C(C)C)c(=O)[nH]c2=O)ccn1. The smallest absolute Gasteiger partial charge is 0.311 e. The first-order valence-corrected chi connectivity index (χ1v) is 10.2. The largest absolute Gasteiger partial charge is 0.329 e. The Morgan fingerprint density at radius 2 is 1.88 bits per heavy atom. The summed E-state index contributed by atoms with van der Waals surface area (Å²) in [6.07, 6.45) is 1.49. The Hall–Kier alpha value is -3.88. The molecule has 2 N–H and O–H groups in total. The van der Waals surface area contributed by atoms with Crippen molar-refractivity contribution in [2.75, 3.05) is 5.32 Å². The molecule has 0 aliphatic rings. The van der Waals surface area contributed by atoms with Gasteiger partial charge in [0.15, 0.2) is 0 Å². The lowest BCUT2D eigenvalue weighted by molar-refractivity contribution is -0.114. The number of ketones is 1. The van der Waals surface area contributed by atoms with E-state index in [9.17, 15) is 19.2 Å². The van der Waals surface area contributed by atoms with Gasteiger partial charge in [-0.1, -0.05) is 13.8 Å². The summed E-state index contributed by atoms with van der Waals surface area (Å²) in [5.41, 5.74) is 1.21. The van der Waals surface area contributed by atoms with Crippen LogP contribution in [0.3, 0.4) is 0 Å². The zero-order chi connectivity index (χ0) is 23.6. The fourth-order valence-electron chi connectivity index (χ4n) is 3.60. The molecule has 32 heavy (non-hydrogen) atoms. The van der Waals surface area contributed by atoms with Crippen LogP contribution in [0.4, 0.5) is 5.82 Å². The van der Waals surface area contributed by atoms with E-state index < -0.39 is 17.0 Å². The van der Waals surface area contributed by atoms with E-state index >= 15 is 0 Å². The summed E-state index contributed by atoms with van der Waals surface area (Å²) in [5.74, 6) is -0.780. The summed E-state index contributed by atoms with van der Waals surface area (Å²) in [4.78, 5) is 61.1. The van der Waals surface area contributed by atoms with Gasteiger partial charge >= 0.3 is 5.69 Å². The van der Waals surface area contributed by atoms with Crippen LogP contribution in [-0.4, -0.2) is 31.2 Å². The molecule has 3 rings (SSSR count). The highest BCUT2D eigenvalue weighted by Gasteiger charge is 2.25. The third-order valence-corrected chi connectivity index (χ3v) is 4.83. The number of nitrogens with one attached hydrogen (secondary N) is 2. The molecule has 0 radical (unpaired) electrons. The van der Waals surface area contributed by atoms with Crippen LogP contribution in [0.25, 0.3) is 0 Å². The number of aromatic nitrogens is 4. The predicted octanol–water partition coefficient (Wildman–Crippen LogP) is 2.30. The number of H-pyrrole nitrogens is 1. The van der Waals surface area contributed by atoms with Crippen molar-refractivity contribution in [2.45, 2.75) is 47.1 Å². The van der Waals surface area contributed by atoms with Crippen molar-refractivity contribution in [3.63, 3.8) is 0 Å². The van der Waals surface area contributed by atoms with Crippen molar-refractivity contribution in [1.82, 2.24) is 19.5 Å². The van der Waals surface area contributed by atoms with Crippen LogP contribution >= 0.6 is 0 Å². The van der Waals surface area contributed by atoms with Crippen molar-refractivity contribution in [1.29, 1.82) is 0 Å². The third kappa shape index (κ3) is 4.88. The molecule has 0 aliphatic carbocycles. The molecule has 9 nitrogen and oxygen atoms in total. The minimum absolute atomic E-state index is 0.00366. The van der Waals surface area contributed by atoms with Crippen LogP contribution < -0.4 is 16.6 Å². The van der Waals surface area contributed by atoms with E-state index in [-0.39, 0.29) is 35.3 Å². The molecule has 3 aromatic rings. The van der Waals surface area contributed by atoms with E-state index in [0.717, 1.165) is 5.56 Å². The van der Waals surface area contributed by atoms with E-state index in [1.54, 1.807) is 39.0 Å². The van der Waals surface area contributed by atoms with Gasteiger partial charge in [-0.25, -0.2) is 14.8 Å². The summed E-state index contributed by atoms with van der Waals surface area (Å²) < 4.78 is 1.24. The third-order valence-electron chi connectivity index (χ3n) is 4.83. The molecule has 1 amide bonds. The number of hydrogen-bond donors (Lipinski definition) is 2. The summed E-state index contributed by atoms with van der Waals surface area (Å²) in [6, 6.07) is 6.75.